The summed E-state index contributed by atoms with van der Waals surface area (Å²) in [6.07, 6.45) is 4.00. The Morgan fingerprint density at radius 2 is 1.88 bits per heavy atom. The average Bonchev–Trinajstić information content (AvgIpc) is 2.78. The van der Waals surface area contributed by atoms with Crippen molar-refractivity contribution in [2.45, 2.75) is 18.9 Å². The van der Waals surface area contributed by atoms with E-state index in [9.17, 15) is 0 Å². The molecule has 1 heterocycles. The zero-order valence-corrected chi connectivity index (χ0v) is 10.6. The standard InChI is InChI=1S/C14H19N3/c1-11(12-7-5-4-6-8-12)14(15-2)13-9-16-17(3)10-13/h4-11,14-15H,1-3H3. The molecule has 0 aliphatic heterocycles. The van der Waals surface area contributed by atoms with Gasteiger partial charge in [-0.05, 0) is 12.6 Å². The minimum atomic E-state index is 0.297. The first kappa shape index (κ1) is 11.9. The van der Waals surface area contributed by atoms with E-state index >= 15 is 0 Å². The first-order chi connectivity index (χ1) is 8.22. The molecule has 0 aliphatic carbocycles. The molecule has 0 fully saturated rings. The molecule has 0 amide bonds. The number of nitrogens with one attached hydrogen (secondary N) is 1. The minimum absolute atomic E-state index is 0.297. The molecule has 0 saturated carbocycles. The maximum Gasteiger partial charge on any atom is 0.0537 e. The van der Waals surface area contributed by atoms with Gasteiger partial charge in [-0.25, -0.2) is 0 Å². The molecule has 1 aromatic carbocycles. The second kappa shape index (κ2) is 5.15. The van der Waals surface area contributed by atoms with Crippen molar-refractivity contribution in [3.05, 3.63) is 53.9 Å². The lowest BCUT2D eigenvalue weighted by Crippen LogP contribution is -2.21. The molecule has 0 saturated heterocycles. The van der Waals surface area contributed by atoms with Crippen molar-refractivity contribution in [2.24, 2.45) is 7.05 Å². The van der Waals surface area contributed by atoms with E-state index in [0.717, 1.165) is 0 Å². The molecule has 1 N–H and O–H groups in total. The fourth-order valence-electron chi connectivity index (χ4n) is 2.26. The lowest BCUT2D eigenvalue weighted by atomic mass is 9.90. The monoisotopic (exact) mass is 229 g/mol. The molecule has 2 rings (SSSR count). The zero-order chi connectivity index (χ0) is 12.3. The predicted molar refractivity (Wildman–Crippen MR) is 69.9 cm³/mol. The summed E-state index contributed by atoms with van der Waals surface area (Å²) in [5.74, 6) is 0.422. The summed E-state index contributed by atoms with van der Waals surface area (Å²) in [6.45, 7) is 2.24. The Balaban J connectivity index is 2.25. The minimum Gasteiger partial charge on any atom is -0.312 e. The molecule has 17 heavy (non-hydrogen) atoms. The van der Waals surface area contributed by atoms with Crippen LogP contribution in [0.1, 0.15) is 30.0 Å². The fraction of sp³-hybridized carbons (Fsp3) is 0.357. The van der Waals surface area contributed by atoms with Crippen molar-refractivity contribution in [1.29, 1.82) is 0 Å². The summed E-state index contributed by atoms with van der Waals surface area (Å²) in [6, 6.07) is 10.9. The van der Waals surface area contributed by atoms with Crippen LogP contribution in [-0.4, -0.2) is 16.8 Å². The topological polar surface area (TPSA) is 29.9 Å². The van der Waals surface area contributed by atoms with Crippen molar-refractivity contribution in [3.8, 4) is 0 Å². The average molecular weight is 229 g/mol. The van der Waals surface area contributed by atoms with Crippen LogP contribution in [0.5, 0.6) is 0 Å². The van der Waals surface area contributed by atoms with E-state index < -0.39 is 0 Å². The molecular formula is C14H19N3. The lowest BCUT2D eigenvalue weighted by molar-refractivity contribution is 0.507. The van der Waals surface area contributed by atoms with Crippen LogP contribution in [0.25, 0.3) is 0 Å². The van der Waals surface area contributed by atoms with Gasteiger partial charge in [0.2, 0.25) is 0 Å². The van der Waals surface area contributed by atoms with Crippen LogP contribution in [0.4, 0.5) is 0 Å². The zero-order valence-electron chi connectivity index (χ0n) is 10.6. The maximum atomic E-state index is 4.24. The van der Waals surface area contributed by atoms with Crippen LogP contribution in [0.3, 0.4) is 0 Å². The van der Waals surface area contributed by atoms with Gasteiger partial charge in [0.15, 0.2) is 0 Å². The van der Waals surface area contributed by atoms with E-state index in [-0.39, 0.29) is 0 Å². The third-order valence-corrected chi connectivity index (χ3v) is 3.22. The third kappa shape index (κ3) is 2.56. The van der Waals surface area contributed by atoms with Gasteiger partial charge in [0, 0.05) is 30.8 Å². The molecule has 90 valence electrons. The van der Waals surface area contributed by atoms with E-state index in [1.54, 1.807) is 0 Å². The number of nitrogens with zero attached hydrogens (tertiary/aromatic N) is 2. The Morgan fingerprint density at radius 3 is 2.41 bits per heavy atom. The highest BCUT2D eigenvalue weighted by atomic mass is 15.2. The van der Waals surface area contributed by atoms with E-state index in [4.69, 9.17) is 0 Å². The van der Waals surface area contributed by atoms with Gasteiger partial charge >= 0.3 is 0 Å². The van der Waals surface area contributed by atoms with Crippen molar-refractivity contribution >= 4 is 0 Å². The highest BCUT2D eigenvalue weighted by Gasteiger charge is 2.20. The second-order valence-electron chi connectivity index (χ2n) is 4.41. The molecule has 3 nitrogen and oxygen atoms in total. The SMILES string of the molecule is CNC(c1cnn(C)c1)C(C)c1ccccc1. The summed E-state index contributed by atoms with van der Waals surface area (Å²) < 4.78 is 1.84. The Kier molecular flexibility index (Phi) is 3.59. The number of aryl methyl sites for hydroxylation is 1. The van der Waals surface area contributed by atoms with Crippen molar-refractivity contribution in [1.82, 2.24) is 15.1 Å². The highest BCUT2D eigenvalue weighted by molar-refractivity contribution is 5.24. The van der Waals surface area contributed by atoms with Gasteiger partial charge < -0.3 is 5.32 Å². The molecule has 3 heteroatoms. The number of likely N-dealkylation sites (N-methyl/N-ethyl adjacent to an activating group) is 1. The quantitative estimate of drug-likeness (QED) is 0.873. The summed E-state index contributed by atoms with van der Waals surface area (Å²) in [5.41, 5.74) is 2.57. The van der Waals surface area contributed by atoms with Crippen molar-refractivity contribution in [2.75, 3.05) is 7.05 Å². The van der Waals surface area contributed by atoms with Gasteiger partial charge in [-0.2, -0.15) is 5.10 Å². The number of hydrogen-bond donors (Lipinski definition) is 1. The molecule has 0 bridgehead atoms. The van der Waals surface area contributed by atoms with Gasteiger partial charge in [0.25, 0.3) is 0 Å². The van der Waals surface area contributed by atoms with Gasteiger partial charge in [0.05, 0.1) is 6.20 Å². The van der Waals surface area contributed by atoms with Gasteiger partial charge in [-0.15, -0.1) is 0 Å². The van der Waals surface area contributed by atoms with E-state index in [1.165, 1.54) is 11.1 Å². The Labute approximate surface area is 102 Å². The largest absolute Gasteiger partial charge is 0.312 e. The smallest absolute Gasteiger partial charge is 0.0537 e. The van der Waals surface area contributed by atoms with Crippen LogP contribution >= 0.6 is 0 Å². The summed E-state index contributed by atoms with van der Waals surface area (Å²) in [4.78, 5) is 0. The summed E-state index contributed by atoms with van der Waals surface area (Å²) in [7, 11) is 3.94. The predicted octanol–water partition coefficient (Wildman–Crippen LogP) is 2.48. The number of rotatable bonds is 4. The molecule has 2 atom stereocenters. The van der Waals surface area contributed by atoms with Crippen LogP contribution in [0.2, 0.25) is 0 Å². The normalized spacial score (nSPS) is 14.5. The number of aromatic nitrogens is 2. The number of benzene rings is 1. The Hall–Kier alpha value is -1.61. The Morgan fingerprint density at radius 1 is 1.18 bits per heavy atom. The molecule has 2 unspecified atom stereocenters. The van der Waals surface area contributed by atoms with Crippen molar-refractivity contribution < 1.29 is 0 Å². The van der Waals surface area contributed by atoms with Crippen molar-refractivity contribution in [3.63, 3.8) is 0 Å². The van der Waals surface area contributed by atoms with E-state index in [0.29, 0.717) is 12.0 Å². The Bertz CT molecular complexity index is 461. The lowest BCUT2D eigenvalue weighted by Gasteiger charge is -2.22. The molecule has 0 aliphatic rings. The number of hydrogen-bond acceptors (Lipinski definition) is 2. The second-order valence-corrected chi connectivity index (χ2v) is 4.41. The molecule has 0 spiro atoms. The first-order valence-corrected chi connectivity index (χ1v) is 5.93. The van der Waals surface area contributed by atoms with Crippen LogP contribution in [0.15, 0.2) is 42.7 Å². The van der Waals surface area contributed by atoms with Gasteiger partial charge in [0.1, 0.15) is 0 Å². The van der Waals surface area contributed by atoms with Crippen LogP contribution < -0.4 is 5.32 Å². The van der Waals surface area contributed by atoms with Crippen LogP contribution in [-0.2, 0) is 7.05 Å². The van der Waals surface area contributed by atoms with E-state index in [1.807, 2.05) is 25.0 Å². The highest BCUT2D eigenvalue weighted by Crippen LogP contribution is 2.29. The van der Waals surface area contributed by atoms with Crippen LogP contribution in [0, 0.1) is 0 Å². The van der Waals surface area contributed by atoms with Gasteiger partial charge in [-0.1, -0.05) is 37.3 Å². The molecule has 2 aromatic rings. The molecule has 1 aromatic heterocycles. The molecule has 0 radical (unpaired) electrons. The maximum absolute atomic E-state index is 4.24. The van der Waals surface area contributed by atoms with Gasteiger partial charge in [-0.3, -0.25) is 4.68 Å². The first-order valence-electron chi connectivity index (χ1n) is 5.93. The summed E-state index contributed by atoms with van der Waals surface area (Å²) in [5, 5.41) is 7.61. The fourth-order valence-corrected chi connectivity index (χ4v) is 2.26. The summed E-state index contributed by atoms with van der Waals surface area (Å²) >= 11 is 0. The molecular weight excluding hydrogens is 210 g/mol. The third-order valence-electron chi connectivity index (χ3n) is 3.22. The van der Waals surface area contributed by atoms with E-state index in [2.05, 4.69) is 53.9 Å².